The van der Waals surface area contributed by atoms with Gasteiger partial charge >= 0.3 is 18.2 Å². The number of rotatable bonds is 43. The van der Waals surface area contributed by atoms with Gasteiger partial charge in [0.05, 0.1) is 75.2 Å². The summed E-state index contributed by atoms with van der Waals surface area (Å²) in [5.74, 6) is -1.87. The Bertz CT molecular complexity index is 3830. The molecule has 112 heavy (non-hydrogen) atoms. The van der Waals surface area contributed by atoms with Crippen LogP contribution in [0.5, 0.6) is 23.0 Å². The van der Waals surface area contributed by atoms with Crippen molar-refractivity contribution in [2.45, 2.75) is 212 Å². The molecule has 8 N–H and O–H groups in total. The van der Waals surface area contributed by atoms with Crippen LogP contribution in [0.4, 0.5) is 31.4 Å². The number of nitrogens with one attached hydrogen (secondary N) is 6. The van der Waals surface area contributed by atoms with E-state index in [0.717, 1.165) is 16.0 Å². The standard InChI is InChI=1S/C80H120N10O18S2Si2/c1-51(2)71(87-68(91)27-21-19-22-35-88-69(92)32-33-70(88)93)73(95)84-61(26-25-34-82-76(81)98)72(94)83-56-30-28-55(29-31-56)48-106-78(100)86-63-45-67(65(102-14)43-60(63)75(97)90-47-54(6)41-58(90)50-108-112(17,18)80(10,11)12)104-37-24-20-23-36-103-66-44-62(85-77(99)105-38-39-109-110-52(3)4)59(42-64(66)101-13)74(96)89-46-53(5)40-57(89)49-107-111(15,16)79(7,8)9/h28-33,42-45,51-52,57-58,61,71H,5-6,19-27,34-41,46-50H2,1-4,7-18H3,(H,83,94)(H,84,95)(H,85,99)(H,86,100)(H,87,91)(H3,81,82,98)/t57-,58-,61-,71-/m0/s1. The molecule has 3 aliphatic heterocycles. The van der Waals surface area contributed by atoms with Crippen LogP contribution in [-0.2, 0) is 48.9 Å². The number of imide groups is 1. The van der Waals surface area contributed by atoms with Crippen molar-refractivity contribution in [3.63, 3.8) is 0 Å². The van der Waals surface area contributed by atoms with Crippen molar-refractivity contribution in [2.24, 2.45) is 11.7 Å². The van der Waals surface area contributed by atoms with Gasteiger partial charge in [-0.3, -0.25) is 49.1 Å². The number of carbonyl (C=O) groups excluding carboxylic acids is 10. The van der Waals surface area contributed by atoms with E-state index in [1.165, 1.54) is 38.5 Å². The summed E-state index contributed by atoms with van der Waals surface area (Å²) in [6.45, 7) is 39.6. The van der Waals surface area contributed by atoms with Crippen LogP contribution >= 0.6 is 21.6 Å². The maximum Gasteiger partial charge on any atom is 0.411 e. The molecule has 0 bridgehead atoms. The summed E-state index contributed by atoms with van der Waals surface area (Å²) < 4.78 is 49.0. The molecule has 2 fully saturated rings. The molecule has 0 radical (unpaired) electrons. The average molecular weight is 1630 g/mol. The molecule has 28 nitrogen and oxygen atoms in total. The minimum Gasteiger partial charge on any atom is -0.493 e. The summed E-state index contributed by atoms with van der Waals surface area (Å²) in [6, 6.07) is 9.11. The van der Waals surface area contributed by atoms with Crippen molar-refractivity contribution >= 4 is 115 Å². The Morgan fingerprint density at radius 1 is 0.616 bits per heavy atom. The first-order valence-electron chi connectivity index (χ1n) is 38.4. The summed E-state index contributed by atoms with van der Waals surface area (Å²) in [4.78, 5) is 138. The summed E-state index contributed by atoms with van der Waals surface area (Å²) in [6.07, 6.45) is 5.47. The number of amides is 11. The molecule has 618 valence electrons. The van der Waals surface area contributed by atoms with E-state index in [9.17, 15) is 47.9 Å². The van der Waals surface area contributed by atoms with Gasteiger partial charge in [0.25, 0.3) is 23.6 Å². The lowest BCUT2D eigenvalue weighted by atomic mass is 10.0. The minimum atomic E-state index is -2.25. The van der Waals surface area contributed by atoms with Gasteiger partial charge in [0, 0.05) is 73.6 Å². The third-order valence-electron chi connectivity index (χ3n) is 20.3. The molecule has 0 spiro atoms. The van der Waals surface area contributed by atoms with Gasteiger partial charge in [0.2, 0.25) is 17.7 Å². The van der Waals surface area contributed by atoms with Crippen molar-refractivity contribution in [1.82, 2.24) is 30.7 Å². The summed E-state index contributed by atoms with van der Waals surface area (Å²) in [5.41, 5.74) is 8.42. The third kappa shape index (κ3) is 28.2. The van der Waals surface area contributed by atoms with E-state index < -0.39 is 70.6 Å². The predicted molar refractivity (Wildman–Crippen MR) is 443 cm³/mol. The highest BCUT2D eigenvalue weighted by Crippen LogP contribution is 2.42. The lowest BCUT2D eigenvalue weighted by Gasteiger charge is -2.38. The molecule has 3 aromatic rings. The van der Waals surface area contributed by atoms with E-state index in [2.05, 4.69) is 127 Å². The van der Waals surface area contributed by atoms with E-state index in [0.29, 0.717) is 92.5 Å². The predicted octanol–water partition coefficient (Wildman–Crippen LogP) is 13.5. The van der Waals surface area contributed by atoms with Gasteiger partial charge in [-0.25, -0.2) is 14.4 Å². The largest absolute Gasteiger partial charge is 0.493 e. The number of unbranched alkanes of at least 4 members (excludes halogenated alkanes) is 4. The smallest absolute Gasteiger partial charge is 0.411 e. The number of carbonyl (C=O) groups is 10. The second kappa shape index (κ2) is 43.1. The van der Waals surface area contributed by atoms with Crippen molar-refractivity contribution in [3.05, 3.63) is 102 Å². The normalized spacial score (nSPS) is 15.8. The number of methoxy groups -OCH3 is 2. The van der Waals surface area contributed by atoms with Crippen LogP contribution in [0.3, 0.4) is 0 Å². The number of anilines is 3. The van der Waals surface area contributed by atoms with Crippen LogP contribution in [-0.4, -0.2) is 200 Å². The third-order valence-corrected chi connectivity index (χ3v) is 32.2. The van der Waals surface area contributed by atoms with Gasteiger partial charge in [-0.1, -0.05) is 134 Å². The number of hydrogen-bond donors (Lipinski definition) is 7. The fourth-order valence-corrected chi connectivity index (χ4v) is 15.7. The number of nitrogens with two attached hydrogens (primary N) is 1. The van der Waals surface area contributed by atoms with Crippen LogP contribution in [0.15, 0.2) is 85.0 Å². The molecule has 0 aliphatic carbocycles. The Labute approximate surface area is 670 Å². The maximum absolute atomic E-state index is 15.0. The van der Waals surface area contributed by atoms with Gasteiger partial charge in [0.15, 0.2) is 39.6 Å². The molecule has 32 heteroatoms. The first kappa shape index (κ1) is 92.3. The molecule has 3 heterocycles. The van der Waals surface area contributed by atoms with Gasteiger partial charge < -0.3 is 74.1 Å². The molecule has 0 saturated carbocycles. The molecule has 4 atom stereocenters. The topological polar surface area (TPSA) is 352 Å². The molecule has 2 saturated heterocycles. The minimum absolute atomic E-state index is 0.0445. The number of primary amides is 1. The second-order valence-corrected chi connectivity index (χ2v) is 44.6. The number of likely N-dealkylation sites (tertiary alicyclic amines) is 2. The van der Waals surface area contributed by atoms with E-state index in [1.54, 1.807) is 81.6 Å². The average Bonchev–Trinajstić information content (AvgIpc) is 1.50. The zero-order valence-electron chi connectivity index (χ0n) is 68.3. The monoisotopic (exact) mass is 1630 g/mol. The summed E-state index contributed by atoms with van der Waals surface area (Å²) in [7, 11) is 1.79. The molecular weight excluding hydrogens is 1510 g/mol. The van der Waals surface area contributed by atoms with Gasteiger partial charge in [0.1, 0.15) is 25.3 Å². The Balaban J connectivity index is 1.13. The highest BCUT2D eigenvalue weighted by atomic mass is 33.1. The molecular formula is C80H120N10O18S2Si2. The van der Waals surface area contributed by atoms with Gasteiger partial charge in [-0.05, 0) is 130 Å². The quantitative estimate of drug-likeness (QED) is 0.00909. The number of nitrogens with zero attached hydrogens (tertiary/aromatic N) is 3. The van der Waals surface area contributed by atoms with E-state index in [1.807, 2.05) is 0 Å². The molecule has 3 aliphatic rings. The molecule has 0 unspecified atom stereocenters. The first-order valence-corrected chi connectivity index (χ1v) is 46.6. The molecule has 0 aromatic heterocycles. The van der Waals surface area contributed by atoms with E-state index in [-0.39, 0.29) is 157 Å². The van der Waals surface area contributed by atoms with E-state index >= 15 is 0 Å². The fraction of sp³-hybridized carbons (Fsp3) is 0.575. The fourth-order valence-electron chi connectivity index (χ4n) is 11.8. The number of hydrogen-bond acceptors (Lipinski definition) is 20. The number of benzene rings is 3. The molecule has 3 aromatic carbocycles. The van der Waals surface area contributed by atoms with Crippen LogP contribution in [0.2, 0.25) is 36.3 Å². The molecule has 6 rings (SSSR count). The van der Waals surface area contributed by atoms with Crippen molar-refractivity contribution in [1.29, 1.82) is 0 Å². The lowest BCUT2D eigenvalue weighted by molar-refractivity contribution is -0.137. The van der Waals surface area contributed by atoms with Crippen molar-refractivity contribution in [3.8, 4) is 23.0 Å². The van der Waals surface area contributed by atoms with Crippen molar-refractivity contribution in [2.75, 3.05) is 95.1 Å². The zero-order chi connectivity index (χ0) is 82.8. The highest BCUT2D eigenvalue weighted by molar-refractivity contribution is 8.76. The SMILES string of the molecule is C=C1C[C@@H](CO[Si](C)(C)C(C)(C)C)N(C(=O)c2cc(OC)c(OCCCCCOc3cc(NC(=O)OCc4ccc(NC(=O)[C@H](CCCNC(N)=O)NC(=O)[C@@H](NC(=O)CCCCCN5C(=O)C=CC5=O)C(C)C)cc4)c(C(=O)N4CC(=C)C[C@H]4CO[Si](C)(C)C(C)(C)C)cc3OC)cc2NC(=O)OCCSSC(C)C)C1. The molecule has 11 amide bonds. The summed E-state index contributed by atoms with van der Waals surface area (Å²) >= 11 is 0. The van der Waals surface area contributed by atoms with E-state index in [4.69, 9.17) is 43.0 Å². The number of urea groups is 1. The summed E-state index contributed by atoms with van der Waals surface area (Å²) in [5, 5.41) is 16.7. The second-order valence-electron chi connectivity index (χ2n) is 32.0. The van der Waals surface area contributed by atoms with Crippen LogP contribution in [0.1, 0.15) is 166 Å². The van der Waals surface area contributed by atoms with Crippen LogP contribution < -0.4 is 56.6 Å². The highest BCUT2D eigenvalue weighted by Gasteiger charge is 2.43. The number of ether oxygens (including phenoxy) is 6. The van der Waals surface area contributed by atoms with Crippen molar-refractivity contribution < 1.29 is 85.2 Å². The van der Waals surface area contributed by atoms with Gasteiger partial charge in [-0.15, -0.1) is 0 Å². The zero-order valence-corrected chi connectivity index (χ0v) is 71.9. The lowest BCUT2D eigenvalue weighted by Crippen LogP contribution is -2.54. The van der Waals surface area contributed by atoms with Gasteiger partial charge in [-0.2, -0.15) is 0 Å². The maximum atomic E-state index is 15.0. The Morgan fingerprint density at radius 2 is 1.12 bits per heavy atom. The first-order chi connectivity index (χ1) is 52.7. The Kier molecular flexibility index (Phi) is 35.5. The van der Waals surface area contributed by atoms with Crippen LogP contribution in [0, 0.1) is 5.92 Å². The Hall–Kier alpha value is -8.57. The van der Waals surface area contributed by atoms with Crippen LogP contribution in [0.25, 0.3) is 0 Å². The Morgan fingerprint density at radius 3 is 1.59 bits per heavy atom.